The third-order valence-electron chi connectivity index (χ3n) is 2.44. The summed E-state index contributed by atoms with van der Waals surface area (Å²) in [5, 5.41) is 12.0. The van der Waals surface area contributed by atoms with E-state index in [1.54, 1.807) is 6.26 Å². The summed E-state index contributed by atoms with van der Waals surface area (Å²) in [7, 11) is 0. The summed E-state index contributed by atoms with van der Waals surface area (Å²) >= 11 is 2.89. The Morgan fingerprint density at radius 2 is 2.00 bits per heavy atom. The van der Waals surface area contributed by atoms with Crippen molar-refractivity contribution in [3.05, 3.63) is 30.0 Å². The summed E-state index contributed by atoms with van der Waals surface area (Å²) in [4.78, 5) is 11.7. The van der Waals surface area contributed by atoms with E-state index >= 15 is 0 Å². The van der Waals surface area contributed by atoms with Crippen molar-refractivity contribution in [2.75, 3.05) is 16.8 Å². The summed E-state index contributed by atoms with van der Waals surface area (Å²) in [6, 6.07) is 3.73. The van der Waals surface area contributed by atoms with Gasteiger partial charge < -0.3 is 21.2 Å². The average Bonchev–Trinajstić information content (AvgIpc) is 3.13. The highest BCUT2D eigenvalue weighted by atomic mass is 32.2. The van der Waals surface area contributed by atoms with Gasteiger partial charge in [0.15, 0.2) is 4.34 Å². The highest BCUT2D eigenvalue weighted by Gasteiger charge is 2.08. The first-order valence-electron chi connectivity index (χ1n) is 6.17. The van der Waals surface area contributed by atoms with Crippen LogP contribution in [-0.4, -0.2) is 25.1 Å². The molecule has 0 amide bonds. The summed E-state index contributed by atoms with van der Waals surface area (Å²) in [6.45, 7) is 0.562. The molecule has 0 aromatic carbocycles. The van der Waals surface area contributed by atoms with Crippen molar-refractivity contribution in [2.45, 2.75) is 16.6 Å². The zero-order valence-corrected chi connectivity index (χ0v) is 12.9. The highest BCUT2D eigenvalue weighted by Crippen LogP contribution is 2.27. The van der Waals surface area contributed by atoms with Crippen molar-refractivity contribution in [1.29, 1.82) is 0 Å². The van der Waals surface area contributed by atoms with Gasteiger partial charge >= 0.3 is 0 Å². The molecule has 3 heterocycles. The van der Waals surface area contributed by atoms with Crippen molar-refractivity contribution >= 4 is 40.1 Å². The molecule has 0 saturated carbocycles. The predicted octanol–water partition coefficient (Wildman–Crippen LogP) is 1.38. The van der Waals surface area contributed by atoms with Gasteiger partial charge in [0.1, 0.15) is 11.6 Å². The molecule has 0 atom stereocenters. The van der Waals surface area contributed by atoms with E-state index in [9.17, 15) is 0 Å². The van der Waals surface area contributed by atoms with Crippen LogP contribution in [-0.2, 0) is 12.3 Å². The van der Waals surface area contributed by atoms with E-state index in [0.717, 1.165) is 10.1 Å². The number of anilines is 3. The first kappa shape index (κ1) is 14.5. The first-order valence-corrected chi connectivity index (χ1v) is 7.98. The number of hydrogen-bond acceptors (Lipinski definition) is 11. The first-order chi connectivity index (χ1) is 10.7. The summed E-state index contributed by atoms with van der Waals surface area (Å²) in [6.07, 6.45) is 1.63. The number of nitrogens with two attached hydrogens (primary N) is 2. The van der Waals surface area contributed by atoms with Crippen LogP contribution in [0.4, 0.5) is 17.0 Å². The third kappa shape index (κ3) is 3.83. The smallest absolute Gasteiger partial charge is 0.225 e. The maximum Gasteiger partial charge on any atom is 0.225 e. The number of thioether (sulfide) groups is 1. The number of rotatable bonds is 6. The third-order valence-corrected chi connectivity index (χ3v) is 4.45. The van der Waals surface area contributed by atoms with Crippen LogP contribution in [0.15, 0.2) is 27.2 Å². The van der Waals surface area contributed by atoms with Crippen molar-refractivity contribution in [3.63, 3.8) is 0 Å². The van der Waals surface area contributed by atoms with Crippen molar-refractivity contribution < 1.29 is 4.42 Å². The minimum Gasteiger partial charge on any atom is -0.467 e. The molecule has 3 rings (SSSR count). The maximum atomic E-state index is 5.52. The molecule has 5 N–H and O–H groups in total. The fourth-order valence-electron chi connectivity index (χ4n) is 1.56. The highest BCUT2D eigenvalue weighted by molar-refractivity contribution is 8.00. The van der Waals surface area contributed by atoms with Crippen molar-refractivity contribution in [2.24, 2.45) is 0 Å². The topological polar surface area (TPSA) is 142 Å². The number of nitrogens with one attached hydrogen (secondary N) is 1. The lowest BCUT2D eigenvalue weighted by Crippen LogP contribution is -2.05. The quantitative estimate of drug-likeness (QED) is 0.565. The molecule has 114 valence electrons. The molecule has 11 heteroatoms. The molecule has 9 nitrogen and oxygen atoms in total. The van der Waals surface area contributed by atoms with Crippen LogP contribution in [0.3, 0.4) is 0 Å². The van der Waals surface area contributed by atoms with E-state index in [2.05, 4.69) is 30.5 Å². The van der Waals surface area contributed by atoms with Gasteiger partial charge in [-0.05, 0) is 12.1 Å². The van der Waals surface area contributed by atoms with E-state index in [1.165, 1.54) is 23.1 Å². The Bertz CT molecular complexity index is 724. The zero-order chi connectivity index (χ0) is 15.4. The Kier molecular flexibility index (Phi) is 4.34. The van der Waals surface area contributed by atoms with E-state index in [4.69, 9.17) is 15.9 Å². The average molecular weight is 336 g/mol. The lowest BCUT2D eigenvalue weighted by molar-refractivity contribution is 0.518. The number of nitrogens with zero attached hydrogens (tertiary/aromatic N) is 5. The molecule has 0 aliphatic heterocycles. The van der Waals surface area contributed by atoms with Crippen LogP contribution >= 0.6 is 23.1 Å². The second-order valence-electron chi connectivity index (χ2n) is 4.06. The molecule has 0 saturated heterocycles. The van der Waals surface area contributed by atoms with Gasteiger partial charge in [-0.15, -0.1) is 10.2 Å². The Labute approximate surface area is 133 Å². The minimum atomic E-state index is 0.112. The Balaban J connectivity index is 1.55. The molecule has 0 bridgehead atoms. The van der Waals surface area contributed by atoms with Gasteiger partial charge in [0.2, 0.25) is 17.0 Å². The molecule has 0 radical (unpaired) electrons. The van der Waals surface area contributed by atoms with Gasteiger partial charge in [0.05, 0.1) is 18.6 Å². The summed E-state index contributed by atoms with van der Waals surface area (Å²) in [5.41, 5.74) is 11.0. The Morgan fingerprint density at radius 1 is 1.18 bits per heavy atom. The maximum absolute atomic E-state index is 5.52. The molecule has 22 heavy (non-hydrogen) atoms. The molecule has 3 aromatic rings. The zero-order valence-electron chi connectivity index (χ0n) is 11.3. The lowest BCUT2D eigenvalue weighted by atomic mass is 10.4. The van der Waals surface area contributed by atoms with Crippen molar-refractivity contribution in [1.82, 2.24) is 25.1 Å². The fourth-order valence-corrected chi connectivity index (χ4v) is 3.17. The van der Waals surface area contributed by atoms with Gasteiger partial charge in [0, 0.05) is 0 Å². The molecule has 0 aliphatic rings. The summed E-state index contributed by atoms with van der Waals surface area (Å²) in [5.74, 6) is 2.06. The number of furan rings is 1. The minimum absolute atomic E-state index is 0.112. The largest absolute Gasteiger partial charge is 0.467 e. The van der Waals surface area contributed by atoms with Crippen molar-refractivity contribution in [3.8, 4) is 0 Å². The van der Waals surface area contributed by atoms with Crippen LogP contribution in [0.5, 0.6) is 0 Å². The molecule has 0 aliphatic carbocycles. The van der Waals surface area contributed by atoms with Crippen LogP contribution < -0.4 is 16.8 Å². The van der Waals surface area contributed by atoms with Gasteiger partial charge in [-0.1, -0.05) is 23.1 Å². The second kappa shape index (κ2) is 6.58. The standard InChI is InChI=1S/C11H12N8OS2/c12-8-15-7(16-9(13)17-8)5-21-11-19-18-10(22-11)14-4-6-2-1-3-20-6/h1-3H,4-5H2,(H,14,18)(H4,12,13,15,16,17). The van der Waals surface area contributed by atoms with E-state index in [1.807, 2.05) is 12.1 Å². The molecular weight excluding hydrogens is 324 g/mol. The second-order valence-corrected chi connectivity index (χ2v) is 6.26. The summed E-state index contributed by atoms with van der Waals surface area (Å²) < 4.78 is 6.02. The fraction of sp³-hybridized carbons (Fsp3) is 0.182. The number of nitrogen functional groups attached to an aromatic ring is 2. The monoisotopic (exact) mass is 336 g/mol. The number of hydrogen-bond donors (Lipinski definition) is 3. The van der Waals surface area contributed by atoms with Gasteiger partial charge in [-0.2, -0.15) is 15.0 Å². The van der Waals surface area contributed by atoms with Crippen LogP contribution in [0, 0.1) is 0 Å². The molecule has 0 spiro atoms. The molecule has 3 aromatic heterocycles. The molecule has 0 fully saturated rings. The SMILES string of the molecule is Nc1nc(N)nc(CSc2nnc(NCc3ccco3)s2)n1. The molecular formula is C11H12N8OS2. The van der Waals surface area contributed by atoms with E-state index in [-0.39, 0.29) is 11.9 Å². The van der Waals surface area contributed by atoms with Gasteiger partial charge in [-0.25, -0.2) is 0 Å². The Hall–Kier alpha value is -2.40. The van der Waals surface area contributed by atoms with Gasteiger partial charge in [-0.3, -0.25) is 0 Å². The van der Waals surface area contributed by atoms with E-state index in [0.29, 0.717) is 23.3 Å². The number of aromatic nitrogens is 5. The Morgan fingerprint density at radius 3 is 2.73 bits per heavy atom. The normalized spacial score (nSPS) is 10.7. The van der Waals surface area contributed by atoms with Crippen LogP contribution in [0.2, 0.25) is 0 Å². The van der Waals surface area contributed by atoms with Crippen LogP contribution in [0.1, 0.15) is 11.6 Å². The van der Waals surface area contributed by atoms with Crippen LogP contribution in [0.25, 0.3) is 0 Å². The van der Waals surface area contributed by atoms with E-state index < -0.39 is 0 Å². The predicted molar refractivity (Wildman–Crippen MR) is 84.2 cm³/mol. The molecule has 0 unspecified atom stereocenters. The van der Waals surface area contributed by atoms with Gasteiger partial charge in [0.25, 0.3) is 0 Å². The lowest BCUT2D eigenvalue weighted by Gasteiger charge is -1.99.